The lowest BCUT2D eigenvalue weighted by Crippen LogP contribution is -2.14. The minimum atomic E-state index is -0.214. The number of carbonyl (C=O) groups is 4. The van der Waals surface area contributed by atoms with E-state index >= 15 is 0 Å². The summed E-state index contributed by atoms with van der Waals surface area (Å²) in [6.45, 7) is 13.2. The molecule has 57 heavy (non-hydrogen) atoms. The summed E-state index contributed by atoms with van der Waals surface area (Å²) in [5, 5.41) is 5.83. The van der Waals surface area contributed by atoms with Gasteiger partial charge in [0.05, 0.1) is 28.4 Å². The van der Waals surface area contributed by atoms with E-state index < -0.39 is 0 Å². The number of fused-ring (bicyclic) bond motifs is 2. The summed E-state index contributed by atoms with van der Waals surface area (Å²) in [5.74, 6) is 1.07. The maximum atomic E-state index is 12.6. The van der Waals surface area contributed by atoms with Crippen molar-refractivity contribution in [3.8, 4) is 0 Å². The molecule has 6 rings (SSSR count). The molecule has 4 heterocycles. The van der Waals surface area contributed by atoms with Gasteiger partial charge < -0.3 is 30.1 Å². The Morgan fingerprint density at radius 2 is 1.05 bits per heavy atom. The third-order valence-electron chi connectivity index (χ3n) is 10.4. The molecule has 2 aliphatic heterocycles. The number of nitrogens with one attached hydrogen (secondary N) is 4. The van der Waals surface area contributed by atoms with Gasteiger partial charge in [-0.05, 0) is 125 Å². The fraction of sp³-hybridized carbons (Fsp3) is 0.378. The molecule has 10 nitrogen and oxygen atoms in total. The number of anilines is 2. The van der Waals surface area contributed by atoms with Crippen molar-refractivity contribution in [1.29, 1.82) is 0 Å². The highest BCUT2D eigenvalue weighted by Crippen LogP contribution is 2.38. The van der Waals surface area contributed by atoms with Crippen molar-refractivity contribution in [3.05, 3.63) is 105 Å². The van der Waals surface area contributed by atoms with Crippen LogP contribution in [0.4, 0.5) is 11.4 Å². The first-order valence-corrected chi connectivity index (χ1v) is 21.5. The summed E-state index contributed by atoms with van der Waals surface area (Å²) in [7, 11) is 0. The standard InChI is InChI=1S/C45H52N4O6S2/c1-27-31(29(3)46-39(27)25-35-33-13-7-9-15-37(33)48-43(35)52)17-19-41(50)54-21-11-23-56-45(5,6)57-24-12-22-55-42(51)20-18-32-28(2)40(47-30(32)4)26-36-34-14-8-10-16-38(34)49-44(36)53/h7-10,13-16,25-26,46-47H,11-12,17-24H2,1-6H3,(H,48,52)(H,49,53)/b35-25+,36-26+. The van der Waals surface area contributed by atoms with Gasteiger partial charge in [-0.1, -0.05) is 36.4 Å². The van der Waals surface area contributed by atoms with Crippen LogP contribution in [0.3, 0.4) is 0 Å². The number of hydrogen-bond acceptors (Lipinski definition) is 8. The summed E-state index contributed by atoms with van der Waals surface area (Å²) < 4.78 is 11.1. The monoisotopic (exact) mass is 808 g/mol. The van der Waals surface area contributed by atoms with Crippen LogP contribution >= 0.6 is 23.5 Å². The molecule has 300 valence electrons. The molecule has 2 amide bonds. The molecule has 2 aromatic carbocycles. The van der Waals surface area contributed by atoms with Crippen LogP contribution in [-0.2, 0) is 41.5 Å². The molecule has 12 heteroatoms. The first kappa shape index (κ1) is 41.7. The van der Waals surface area contributed by atoms with Crippen LogP contribution in [0.2, 0.25) is 0 Å². The second kappa shape index (κ2) is 18.5. The summed E-state index contributed by atoms with van der Waals surface area (Å²) in [6.07, 6.45) is 7.03. The van der Waals surface area contributed by atoms with Gasteiger partial charge in [0.1, 0.15) is 0 Å². The third kappa shape index (κ3) is 10.3. The molecule has 0 spiro atoms. The van der Waals surface area contributed by atoms with Crippen LogP contribution in [0.15, 0.2) is 48.5 Å². The number of esters is 2. The van der Waals surface area contributed by atoms with Crippen molar-refractivity contribution >= 4 is 81.9 Å². The Balaban J connectivity index is 0.836. The SMILES string of the molecule is Cc1[nH]c(/C=C2/C(=O)Nc3ccccc32)c(C)c1CCC(=O)OCCCSC(C)(C)SCCCOC(=O)CCc1c(C)[nH]c(/C=C2/C(=O)Nc3ccccc32)c1C. The highest BCUT2D eigenvalue weighted by atomic mass is 32.2. The van der Waals surface area contributed by atoms with Crippen LogP contribution in [-0.4, -0.2) is 62.5 Å². The molecule has 2 aliphatic rings. The van der Waals surface area contributed by atoms with E-state index in [0.29, 0.717) is 50.0 Å². The lowest BCUT2D eigenvalue weighted by molar-refractivity contribution is -0.144. The molecular weight excluding hydrogens is 757 g/mol. The van der Waals surface area contributed by atoms with E-state index in [1.807, 2.05) is 112 Å². The normalized spacial score (nSPS) is 14.8. The summed E-state index contributed by atoms with van der Waals surface area (Å²) in [5.41, 5.74) is 12.6. The maximum absolute atomic E-state index is 12.6. The van der Waals surface area contributed by atoms with Crippen LogP contribution in [0.5, 0.6) is 0 Å². The van der Waals surface area contributed by atoms with E-state index in [2.05, 4.69) is 34.4 Å². The van der Waals surface area contributed by atoms with Crippen molar-refractivity contribution in [1.82, 2.24) is 9.97 Å². The first-order valence-electron chi connectivity index (χ1n) is 19.5. The zero-order valence-electron chi connectivity index (χ0n) is 33.6. The van der Waals surface area contributed by atoms with Gasteiger partial charge in [-0.15, -0.1) is 23.5 Å². The topological polar surface area (TPSA) is 142 Å². The number of aryl methyl sites for hydroxylation is 2. The van der Waals surface area contributed by atoms with Crippen LogP contribution < -0.4 is 10.6 Å². The second-order valence-corrected chi connectivity index (χ2v) is 18.6. The van der Waals surface area contributed by atoms with Crippen molar-refractivity contribution < 1.29 is 28.7 Å². The Morgan fingerprint density at radius 3 is 1.47 bits per heavy atom. The predicted octanol–water partition coefficient (Wildman–Crippen LogP) is 9.20. The average Bonchev–Trinajstić information content (AvgIpc) is 3.84. The van der Waals surface area contributed by atoms with E-state index in [0.717, 1.165) is 91.9 Å². The van der Waals surface area contributed by atoms with Gasteiger partial charge in [0.15, 0.2) is 0 Å². The molecule has 0 saturated carbocycles. The quantitative estimate of drug-likeness (QED) is 0.0338. The van der Waals surface area contributed by atoms with Crippen molar-refractivity contribution in [3.63, 3.8) is 0 Å². The number of hydrogen-bond donors (Lipinski definition) is 4. The van der Waals surface area contributed by atoms with E-state index in [1.54, 1.807) is 0 Å². The predicted molar refractivity (Wildman–Crippen MR) is 233 cm³/mol. The molecule has 0 bridgehead atoms. The van der Waals surface area contributed by atoms with Crippen LogP contribution in [0.1, 0.15) is 95.7 Å². The van der Waals surface area contributed by atoms with E-state index in [1.165, 1.54) is 0 Å². The molecule has 0 saturated heterocycles. The number of para-hydroxylation sites is 2. The molecule has 4 aromatic rings. The van der Waals surface area contributed by atoms with Gasteiger partial charge in [0.2, 0.25) is 0 Å². The highest BCUT2D eigenvalue weighted by molar-refractivity contribution is 8.18. The number of aromatic amines is 2. The summed E-state index contributed by atoms with van der Waals surface area (Å²) in [6, 6.07) is 15.3. The highest BCUT2D eigenvalue weighted by Gasteiger charge is 2.26. The smallest absolute Gasteiger partial charge is 0.306 e. The number of aromatic nitrogens is 2. The van der Waals surface area contributed by atoms with Crippen molar-refractivity contribution in [2.75, 3.05) is 35.4 Å². The molecular formula is C45H52N4O6S2. The molecule has 0 fully saturated rings. The number of ether oxygens (including phenoxy) is 2. The Bertz CT molecular complexity index is 2080. The van der Waals surface area contributed by atoms with Gasteiger partial charge >= 0.3 is 11.9 Å². The zero-order valence-corrected chi connectivity index (χ0v) is 35.2. The van der Waals surface area contributed by atoms with E-state index in [9.17, 15) is 19.2 Å². The average molecular weight is 809 g/mol. The summed E-state index contributed by atoms with van der Waals surface area (Å²) in [4.78, 5) is 57.2. The number of amides is 2. The van der Waals surface area contributed by atoms with Crippen LogP contribution in [0, 0.1) is 27.7 Å². The fourth-order valence-electron chi connectivity index (χ4n) is 7.29. The molecule has 2 aromatic heterocycles. The Labute approximate surface area is 343 Å². The summed E-state index contributed by atoms with van der Waals surface area (Å²) >= 11 is 3.67. The second-order valence-electron chi connectivity index (χ2n) is 14.9. The minimum absolute atomic E-state index is 0.0246. The van der Waals surface area contributed by atoms with Gasteiger partial charge in [0, 0.05) is 58.1 Å². The van der Waals surface area contributed by atoms with Crippen molar-refractivity contribution in [2.45, 2.75) is 84.1 Å². The number of benzene rings is 2. The molecule has 0 radical (unpaired) electrons. The number of rotatable bonds is 18. The van der Waals surface area contributed by atoms with Gasteiger partial charge in [0.25, 0.3) is 11.8 Å². The van der Waals surface area contributed by atoms with Crippen molar-refractivity contribution in [2.24, 2.45) is 0 Å². The number of thioether (sulfide) groups is 2. The number of H-pyrrole nitrogens is 2. The lowest BCUT2D eigenvalue weighted by atomic mass is 10.0. The van der Waals surface area contributed by atoms with E-state index in [-0.39, 0.29) is 27.8 Å². The fourth-order valence-corrected chi connectivity index (χ4v) is 9.63. The van der Waals surface area contributed by atoms with Crippen LogP contribution in [0.25, 0.3) is 23.3 Å². The maximum Gasteiger partial charge on any atom is 0.306 e. The Kier molecular flexibility index (Phi) is 13.6. The Hall–Kier alpha value is -4.94. The van der Waals surface area contributed by atoms with Gasteiger partial charge in [-0.25, -0.2) is 0 Å². The Morgan fingerprint density at radius 1 is 0.649 bits per heavy atom. The van der Waals surface area contributed by atoms with Gasteiger partial charge in [-0.2, -0.15) is 0 Å². The molecule has 0 unspecified atom stereocenters. The minimum Gasteiger partial charge on any atom is -0.466 e. The lowest BCUT2D eigenvalue weighted by Gasteiger charge is -2.23. The van der Waals surface area contributed by atoms with E-state index in [4.69, 9.17) is 9.47 Å². The molecule has 0 atom stereocenters. The number of carbonyl (C=O) groups excluding carboxylic acids is 4. The zero-order chi connectivity index (χ0) is 40.7. The van der Waals surface area contributed by atoms with Gasteiger partial charge in [-0.3, -0.25) is 19.2 Å². The largest absolute Gasteiger partial charge is 0.466 e. The third-order valence-corrected chi connectivity index (χ3v) is 13.5. The molecule has 0 aliphatic carbocycles. The molecule has 4 N–H and O–H groups in total. The first-order chi connectivity index (χ1) is 27.3.